The Morgan fingerprint density at radius 3 is 3.23 bits per heavy atom. The summed E-state index contributed by atoms with van der Waals surface area (Å²) in [4.78, 5) is 23.0. The topological polar surface area (TPSA) is 58.1 Å². The number of aromatic nitrogens is 2. The first-order valence-electron chi connectivity index (χ1n) is 7.59. The van der Waals surface area contributed by atoms with Crippen molar-refractivity contribution in [2.45, 2.75) is 26.3 Å². The molecule has 1 atom stereocenters. The predicted octanol–water partition coefficient (Wildman–Crippen LogP) is 3.02. The van der Waals surface area contributed by atoms with Gasteiger partial charge in [-0.2, -0.15) is 0 Å². The maximum atomic E-state index is 12.1. The summed E-state index contributed by atoms with van der Waals surface area (Å²) in [6.07, 6.45) is 5.78. The normalized spacial score (nSPS) is 19.0. The highest BCUT2D eigenvalue weighted by Gasteiger charge is 2.17. The number of piperidine rings is 1. The van der Waals surface area contributed by atoms with Crippen molar-refractivity contribution in [3.05, 3.63) is 41.2 Å². The average Bonchev–Trinajstić information content (AvgIpc) is 2.95. The van der Waals surface area contributed by atoms with E-state index in [0.717, 1.165) is 31.2 Å². The van der Waals surface area contributed by atoms with Gasteiger partial charge in [-0.3, -0.25) is 20.0 Å². The van der Waals surface area contributed by atoms with Crippen LogP contribution in [0.25, 0.3) is 0 Å². The van der Waals surface area contributed by atoms with E-state index in [1.54, 1.807) is 24.5 Å². The Balaban J connectivity index is 1.58. The van der Waals surface area contributed by atoms with E-state index in [4.69, 9.17) is 0 Å². The lowest BCUT2D eigenvalue weighted by atomic mass is 10.0. The molecule has 0 spiro atoms. The van der Waals surface area contributed by atoms with Crippen LogP contribution in [0.15, 0.2) is 29.9 Å². The molecule has 1 unspecified atom stereocenters. The second-order valence-corrected chi connectivity index (χ2v) is 6.68. The van der Waals surface area contributed by atoms with Crippen molar-refractivity contribution >= 4 is 22.4 Å². The molecule has 3 rings (SSSR count). The molecule has 5 nitrogen and oxygen atoms in total. The van der Waals surface area contributed by atoms with Crippen LogP contribution in [0.1, 0.15) is 35.8 Å². The van der Waals surface area contributed by atoms with Crippen molar-refractivity contribution < 1.29 is 4.79 Å². The van der Waals surface area contributed by atoms with Crippen molar-refractivity contribution in [3.63, 3.8) is 0 Å². The molecule has 22 heavy (non-hydrogen) atoms. The van der Waals surface area contributed by atoms with Gasteiger partial charge in [0.1, 0.15) is 0 Å². The number of amides is 1. The van der Waals surface area contributed by atoms with Crippen LogP contribution < -0.4 is 5.32 Å². The van der Waals surface area contributed by atoms with E-state index < -0.39 is 0 Å². The number of hydrogen-bond acceptors (Lipinski definition) is 5. The van der Waals surface area contributed by atoms with Crippen LogP contribution in [0.2, 0.25) is 0 Å². The molecule has 116 valence electrons. The third-order valence-electron chi connectivity index (χ3n) is 3.82. The fourth-order valence-corrected chi connectivity index (χ4v) is 3.46. The number of anilines is 1. The fraction of sp³-hybridized carbons (Fsp3) is 0.438. The summed E-state index contributed by atoms with van der Waals surface area (Å²) in [6, 6.07) is 3.49. The Morgan fingerprint density at radius 2 is 2.45 bits per heavy atom. The second kappa shape index (κ2) is 6.98. The van der Waals surface area contributed by atoms with Crippen molar-refractivity contribution in [2.75, 3.05) is 18.4 Å². The first kappa shape index (κ1) is 15.1. The van der Waals surface area contributed by atoms with Crippen LogP contribution >= 0.6 is 11.3 Å². The van der Waals surface area contributed by atoms with E-state index in [9.17, 15) is 4.79 Å². The lowest BCUT2D eigenvalue weighted by molar-refractivity contribution is 0.102. The van der Waals surface area contributed by atoms with E-state index >= 15 is 0 Å². The molecule has 0 saturated carbocycles. The van der Waals surface area contributed by atoms with Crippen molar-refractivity contribution in [2.24, 2.45) is 5.92 Å². The smallest absolute Gasteiger partial charge is 0.259 e. The van der Waals surface area contributed by atoms with E-state index in [-0.39, 0.29) is 5.91 Å². The van der Waals surface area contributed by atoms with Gasteiger partial charge in [0.2, 0.25) is 0 Å². The van der Waals surface area contributed by atoms with Crippen molar-refractivity contribution in [1.82, 2.24) is 14.9 Å². The van der Waals surface area contributed by atoms with Gasteiger partial charge in [-0.15, -0.1) is 11.3 Å². The van der Waals surface area contributed by atoms with Crippen LogP contribution in [-0.4, -0.2) is 33.9 Å². The van der Waals surface area contributed by atoms with Crippen LogP contribution in [0.5, 0.6) is 0 Å². The quantitative estimate of drug-likeness (QED) is 0.942. The number of thiazole rings is 1. The molecule has 0 bridgehead atoms. The second-order valence-electron chi connectivity index (χ2n) is 5.82. The Morgan fingerprint density at radius 1 is 1.55 bits per heavy atom. The molecule has 1 aliphatic rings. The van der Waals surface area contributed by atoms with Gasteiger partial charge in [-0.1, -0.05) is 6.92 Å². The maximum Gasteiger partial charge on any atom is 0.259 e. The minimum absolute atomic E-state index is 0.166. The molecule has 0 radical (unpaired) electrons. The summed E-state index contributed by atoms with van der Waals surface area (Å²) in [5.74, 6) is 0.595. The average molecular weight is 316 g/mol. The van der Waals surface area contributed by atoms with Crippen LogP contribution in [0.3, 0.4) is 0 Å². The summed E-state index contributed by atoms with van der Waals surface area (Å²) in [7, 11) is 0. The molecule has 1 fully saturated rings. The molecular weight excluding hydrogens is 296 g/mol. The number of nitrogens with one attached hydrogen (secondary N) is 1. The zero-order valence-electron chi connectivity index (χ0n) is 12.7. The summed E-state index contributed by atoms with van der Waals surface area (Å²) >= 11 is 1.47. The van der Waals surface area contributed by atoms with Gasteiger partial charge in [-0.25, -0.2) is 4.98 Å². The van der Waals surface area contributed by atoms with Gasteiger partial charge in [-0.05, 0) is 37.4 Å². The zero-order chi connectivity index (χ0) is 15.4. The van der Waals surface area contributed by atoms with E-state index in [1.165, 1.54) is 24.2 Å². The molecule has 1 N–H and O–H groups in total. The monoisotopic (exact) mass is 316 g/mol. The van der Waals surface area contributed by atoms with Crippen molar-refractivity contribution in [3.8, 4) is 0 Å². The largest absolute Gasteiger partial charge is 0.298 e. The Hall–Kier alpha value is -1.79. The minimum atomic E-state index is -0.166. The number of nitrogens with zero attached hydrogens (tertiary/aromatic N) is 3. The molecule has 2 aromatic heterocycles. The molecule has 6 heteroatoms. The number of carbonyl (C=O) groups excluding carboxylic acids is 1. The summed E-state index contributed by atoms with van der Waals surface area (Å²) in [5.41, 5.74) is 1.57. The third-order valence-corrected chi connectivity index (χ3v) is 4.63. The number of pyridine rings is 1. The molecule has 2 aromatic rings. The van der Waals surface area contributed by atoms with Crippen LogP contribution in [0.4, 0.5) is 5.13 Å². The molecule has 1 saturated heterocycles. The summed E-state index contributed by atoms with van der Waals surface area (Å²) in [6.45, 7) is 5.44. The zero-order valence-corrected chi connectivity index (χ0v) is 13.5. The molecular formula is C16H20N4OS. The van der Waals surface area contributed by atoms with Gasteiger partial charge >= 0.3 is 0 Å². The number of rotatable bonds is 4. The van der Waals surface area contributed by atoms with Crippen LogP contribution in [-0.2, 0) is 6.54 Å². The Labute approximate surface area is 134 Å². The van der Waals surface area contributed by atoms with E-state index in [1.807, 2.05) is 5.38 Å². The lowest BCUT2D eigenvalue weighted by Crippen LogP contribution is -2.33. The predicted molar refractivity (Wildman–Crippen MR) is 88.0 cm³/mol. The molecule has 3 heterocycles. The lowest BCUT2D eigenvalue weighted by Gasteiger charge is -2.30. The highest BCUT2D eigenvalue weighted by molar-refractivity contribution is 7.13. The van der Waals surface area contributed by atoms with Gasteiger partial charge in [0, 0.05) is 30.9 Å². The molecule has 0 aliphatic carbocycles. The highest BCUT2D eigenvalue weighted by Crippen LogP contribution is 2.21. The Kier molecular flexibility index (Phi) is 4.80. The van der Waals surface area contributed by atoms with Crippen molar-refractivity contribution in [1.29, 1.82) is 0 Å². The summed E-state index contributed by atoms with van der Waals surface area (Å²) < 4.78 is 0. The highest BCUT2D eigenvalue weighted by atomic mass is 32.1. The number of carbonyl (C=O) groups is 1. The van der Waals surface area contributed by atoms with E-state index in [2.05, 4.69) is 27.1 Å². The number of hydrogen-bond donors (Lipinski definition) is 1. The Bertz CT molecular complexity index is 628. The molecule has 0 aromatic carbocycles. The fourth-order valence-electron chi connectivity index (χ4n) is 2.76. The standard InChI is InChI=1S/C16H20N4OS/c1-12-4-3-7-20(9-12)10-14-11-22-16(18-14)19-15(21)13-5-2-6-17-8-13/h2,5-6,8,11-12H,3-4,7,9-10H2,1H3,(H,18,19,21). The molecule has 1 amide bonds. The first-order chi connectivity index (χ1) is 10.7. The maximum absolute atomic E-state index is 12.1. The van der Waals surface area contributed by atoms with Gasteiger partial charge in [0.05, 0.1) is 11.3 Å². The third kappa shape index (κ3) is 3.90. The number of likely N-dealkylation sites (tertiary alicyclic amines) is 1. The van der Waals surface area contributed by atoms with Gasteiger partial charge < -0.3 is 0 Å². The van der Waals surface area contributed by atoms with Crippen LogP contribution in [0, 0.1) is 5.92 Å². The molecule has 1 aliphatic heterocycles. The van der Waals surface area contributed by atoms with E-state index in [0.29, 0.717) is 10.7 Å². The SMILES string of the molecule is CC1CCCN(Cc2csc(NC(=O)c3cccnc3)n2)C1. The minimum Gasteiger partial charge on any atom is -0.298 e. The summed E-state index contributed by atoms with van der Waals surface area (Å²) in [5, 5.41) is 5.51. The van der Waals surface area contributed by atoms with Gasteiger partial charge in [0.25, 0.3) is 5.91 Å². The van der Waals surface area contributed by atoms with Gasteiger partial charge in [0.15, 0.2) is 5.13 Å². The first-order valence-corrected chi connectivity index (χ1v) is 8.47.